The van der Waals surface area contributed by atoms with Crippen molar-refractivity contribution in [3.05, 3.63) is 0 Å². The molecule has 0 amide bonds. The summed E-state index contributed by atoms with van der Waals surface area (Å²) in [7, 11) is 0. The maximum atomic E-state index is 4.03. The first-order chi connectivity index (χ1) is 7.21. The van der Waals surface area contributed by atoms with Crippen LogP contribution in [0.15, 0.2) is 0 Å². The van der Waals surface area contributed by atoms with Crippen molar-refractivity contribution in [2.75, 3.05) is 6.54 Å². The average Bonchev–Trinajstić information content (AvgIpc) is 2.12. The molecule has 0 spiro atoms. The highest BCUT2D eigenvalue weighted by molar-refractivity contribution is 9.50. The third kappa shape index (κ3) is 2.99. The molecule has 1 aliphatic rings. The Morgan fingerprint density at radius 3 is 1.53 bits per heavy atom. The topological polar surface area (TPSA) is 6.48 Å². The number of nitrogens with zero attached hydrogens (tertiary/aromatic N) is 2. The van der Waals surface area contributed by atoms with Crippen molar-refractivity contribution >= 4 is 36.2 Å². The van der Waals surface area contributed by atoms with Crippen LogP contribution in [-0.2, 0) is 0 Å². The molecule has 0 saturated carbocycles. The maximum absolute atomic E-state index is 4.03. The zero-order valence-electron chi connectivity index (χ0n) is 12.4. The first-order valence-electron chi connectivity index (χ1n) is 6.17. The zero-order chi connectivity index (χ0) is 13.9. The van der Waals surface area contributed by atoms with Crippen LogP contribution in [0.3, 0.4) is 0 Å². The van der Waals surface area contributed by atoms with Crippen LogP contribution in [0.25, 0.3) is 0 Å². The van der Waals surface area contributed by atoms with E-state index in [0.717, 1.165) is 6.54 Å². The Labute approximate surface area is 123 Å². The number of hydrogen-bond acceptors (Lipinski definition) is 2. The van der Waals surface area contributed by atoms with Crippen LogP contribution in [0, 0.1) is 0 Å². The van der Waals surface area contributed by atoms with Gasteiger partial charge in [-0.2, -0.15) is 0 Å². The van der Waals surface area contributed by atoms with E-state index in [-0.39, 0.29) is 16.6 Å². The van der Waals surface area contributed by atoms with E-state index in [1.165, 1.54) is 0 Å². The SMILES string of the molecule is CC(C)(C)N1CC(C)(C)N(C(C)(C)C)[Si]1(Br)Br. The fraction of sp³-hybridized carbons (Fsp3) is 1.00. The second-order valence-corrected chi connectivity index (χ2v) is 19.4. The summed E-state index contributed by atoms with van der Waals surface area (Å²) in [6.45, 7) is 19.5. The van der Waals surface area contributed by atoms with Gasteiger partial charge in [-0.15, -0.1) is 0 Å². The van der Waals surface area contributed by atoms with E-state index >= 15 is 0 Å². The second kappa shape index (κ2) is 4.30. The molecule has 0 bridgehead atoms. The molecular weight excluding hydrogens is 360 g/mol. The highest BCUT2D eigenvalue weighted by Crippen LogP contribution is 2.48. The molecule has 102 valence electrons. The molecule has 1 rings (SSSR count). The summed E-state index contributed by atoms with van der Waals surface area (Å²) >= 11 is 8.06. The van der Waals surface area contributed by atoms with Gasteiger partial charge in [0.05, 0.1) is 0 Å². The molecule has 0 N–H and O–H groups in total. The zero-order valence-corrected chi connectivity index (χ0v) is 16.5. The van der Waals surface area contributed by atoms with E-state index in [2.05, 4.69) is 95.1 Å². The molecule has 0 atom stereocenters. The lowest BCUT2D eigenvalue weighted by atomic mass is 9.97. The number of halogens is 2. The minimum absolute atomic E-state index is 0.155. The van der Waals surface area contributed by atoms with Gasteiger partial charge in [0.25, 0.3) is 0 Å². The number of hydrogen-bond donors (Lipinski definition) is 0. The summed E-state index contributed by atoms with van der Waals surface area (Å²) in [5.74, 6) is 0. The molecule has 0 aromatic rings. The van der Waals surface area contributed by atoms with E-state index in [1.807, 2.05) is 0 Å². The third-order valence-electron chi connectivity index (χ3n) is 3.22. The fourth-order valence-electron chi connectivity index (χ4n) is 2.99. The van der Waals surface area contributed by atoms with Crippen LogP contribution < -0.4 is 0 Å². The first kappa shape index (κ1) is 16.2. The van der Waals surface area contributed by atoms with Gasteiger partial charge < -0.3 is 0 Å². The van der Waals surface area contributed by atoms with Gasteiger partial charge in [0.15, 0.2) is 0 Å². The molecule has 0 radical (unpaired) electrons. The summed E-state index contributed by atoms with van der Waals surface area (Å²) in [4.78, 5) is 0. The Bertz CT molecular complexity index is 303. The minimum atomic E-state index is -1.91. The molecule has 0 aromatic heterocycles. The molecular formula is C12H26Br2N2Si. The summed E-state index contributed by atoms with van der Waals surface area (Å²) in [5, 5.41) is 0. The van der Waals surface area contributed by atoms with Crippen LogP contribution in [0.2, 0.25) is 0 Å². The van der Waals surface area contributed by atoms with Crippen LogP contribution in [-0.4, -0.2) is 37.9 Å². The van der Waals surface area contributed by atoms with Gasteiger partial charge in [0, 0.05) is 23.2 Å². The Morgan fingerprint density at radius 2 is 1.35 bits per heavy atom. The predicted octanol–water partition coefficient (Wildman–Crippen LogP) is 4.21. The van der Waals surface area contributed by atoms with Crippen molar-refractivity contribution in [3.63, 3.8) is 0 Å². The molecule has 5 heteroatoms. The Balaban J connectivity index is 3.24. The van der Waals surface area contributed by atoms with E-state index in [4.69, 9.17) is 0 Å². The Kier molecular flexibility index (Phi) is 4.09. The maximum Gasteiger partial charge on any atom is 0.355 e. The van der Waals surface area contributed by atoms with Crippen molar-refractivity contribution in [3.8, 4) is 0 Å². The van der Waals surface area contributed by atoms with E-state index in [9.17, 15) is 0 Å². The molecule has 1 aliphatic heterocycles. The average molecular weight is 386 g/mol. The van der Waals surface area contributed by atoms with Gasteiger partial charge in [0.2, 0.25) is 0 Å². The van der Waals surface area contributed by atoms with Gasteiger partial charge in [-0.25, -0.2) is 0 Å². The van der Waals surface area contributed by atoms with Crippen LogP contribution in [0.5, 0.6) is 0 Å². The van der Waals surface area contributed by atoms with Crippen molar-refractivity contribution < 1.29 is 0 Å². The fourth-order valence-corrected chi connectivity index (χ4v) is 16.2. The number of rotatable bonds is 0. The molecule has 1 heterocycles. The molecule has 2 nitrogen and oxygen atoms in total. The van der Waals surface area contributed by atoms with Gasteiger partial charge in [-0.1, -0.05) is 30.6 Å². The highest BCUT2D eigenvalue weighted by atomic mass is 79.9. The third-order valence-corrected chi connectivity index (χ3v) is 11.2. The monoisotopic (exact) mass is 384 g/mol. The molecule has 1 fully saturated rings. The summed E-state index contributed by atoms with van der Waals surface area (Å²) in [6, 6.07) is 0. The lowest BCUT2D eigenvalue weighted by Crippen LogP contribution is -2.63. The van der Waals surface area contributed by atoms with Crippen LogP contribution >= 0.6 is 30.6 Å². The Hall–Kier alpha value is 1.10. The lowest BCUT2D eigenvalue weighted by Gasteiger charge is -2.47. The Morgan fingerprint density at radius 1 is 0.941 bits per heavy atom. The molecule has 17 heavy (non-hydrogen) atoms. The van der Waals surface area contributed by atoms with Crippen molar-refractivity contribution in [1.29, 1.82) is 0 Å². The normalized spacial score (nSPS) is 26.5. The smallest absolute Gasteiger partial charge is 0.288 e. The van der Waals surface area contributed by atoms with E-state index in [1.54, 1.807) is 0 Å². The van der Waals surface area contributed by atoms with Gasteiger partial charge >= 0.3 is 5.64 Å². The van der Waals surface area contributed by atoms with Crippen molar-refractivity contribution in [1.82, 2.24) is 9.13 Å². The molecule has 1 saturated heterocycles. The van der Waals surface area contributed by atoms with Gasteiger partial charge in [-0.05, 0) is 55.4 Å². The van der Waals surface area contributed by atoms with Crippen LogP contribution in [0.4, 0.5) is 0 Å². The molecule has 0 aliphatic carbocycles. The summed E-state index contributed by atoms with van der Waals surface area (Å²) in [6.07, 6.45) is 0. The van der Waals surface area contributed by atoms with Crippen LogP contribution in [0.1, 0.15) is 55.4 Å². The molecule has 0 aromatic carbocycles. The van der Waals surface area contributed by atoms with E-state index < -0.39 is 5.64 Å². The quantitative estimate of drug-likeness (QED) is 0.455. The van der Waals surface area contributed by atoms with Gasteiger partial charge in [0.1, 0.15) is 0 Å². The van der Waals surface area contributed by atoms with Crippen molar-refractivity contribution in [2.45, 2.75) is 72.0 Å². The molecule has 0 unspecified atom stereocenters. The second-order valence-electron chi connectivity index (χ2n) is 7.59. The minimum Gasteiger partial charge on any atom is -0.288 e. The standard InChI is InChI=1S/C12H26Br2N2Si/c1-10(2,3)15-9-12(7,8)16(11(4,5)6)17(15,13)14/h9H2,1-8H3. The largest absolute Gasteiger partial charge is 0.355 e. The van der Waals surface area contributed by atoms with E-state index in [0.29, 0.717) is 0 Å². The predicted molar refractivity (Wildman–Crippen MR) is 85.7 cm³/mol. The van der Waals surface area contributed by atoms with Crippen molar-refractivity contribution in [2.24, 2.45) is 0 Å². The lowest BCUT2D eigenvalue weighted by molar-refractivity contribution is 0.138. The van der Waals surface area contributed by atoms with Gasteiger partial charge in [-0.3, -0.25) is 9.13 Å². The highest BCUT2D eigenvalue weighted by Gasteiger charge is 2.61. The summed E-state index contributed by atoms with van der Waals surface area (Å²) in [5.41, 5.74) is -1.40. The first-order valence-corrected chi connectivity index (χ1v) is 12.6. The summed E-state index contributed by atoms with van der Waals surface area (Å²) < 4.78 is 5.24.